The summed E-state index contributed by atoms with van der Waals surface area (Å²) in [4.78, 5) is 27.6. The first kappa shape index (κ1) is 18.4. The molecular formula is C24H26N2O3. The minimum Gasteiger partial charge on any atom is -0.368 e. The van der Waals surface area contributed by atoms with Crippen LogP contribution in [0.15, 0.2) is 48.5 Å². The SMILES string of the molecule is O=C(C1CCCO1)N1CCc2ccc(NC(=O)C3(c4ccccc4)CC3)cc2C1. The molecule has 1 N–H and O–H groups in total. The molecule has 2 aliphatic heterocycles. The lowest BCUT2D eigenvalue weighted by atomic mass is 9.94. The van der Waals surface area contributed by atoms with Crippen molar-refractivity contribution in [3.8, 4) is 0 Å². The summed E-state index contributed by atoms with van der Waals surface area (Å²) in [5.74, 6) is 0.162. The zero-order valence-corrected chi connectivity index (χ0v) is 16.5. The van der Waals surface area contributed by atoms with Crippen LogP contribution >= 0.6 is 0 Å². The normalized spacial score (nSPS) is 22.1. The highest BCUT2D eigenvalue weighted by Crippen LogP contribution is 2.49. The van der Waals surface area contributed by atoms with Crippen LogP contribution in [0.3, 0.4) is 0 Å². The van der Waals surface area contributed by atoms with E-state index < -0.39 is 0 Å². The predicted octanol–water partition coefficient (Wildman–Crippen LogP) is 3.42. The molecule has 1 unspecified atom stereocenters. The molecule has 29 heavy (non-hydrogen) atoms. The molecule has 2 heterocycles. The van der Waals surface area contributed by atoms with Gasteiger partial charge in [-0.15, -0.1) is 0 Å². The molecule has 2 aromatic rings. The molecule has 2 amide bonds. The van der Waals surface area contributed by atoms with E-state index in [-0.39, 0.29) is 23.3 Å². The van der Waals surface area contributed by atoms with Crippen molar-refractivity contribution in [3.63, 3.8) is 0 Å². The number of rotatable bonds is 4. The number of nitrogens with zero attached hydrogens (tertiary/aromatic N) is 1. The largest absolute Gasteiger partial charge is 0.368 e. The summed E-state index contributed by atoms with van der Waals surface area (Å²) in [6.07, 6.45) is 4.12. The highest BCUT2D eigenvalue weighted by atomic mass is 16.5. The van der Waals surface area contributed by atoms with Gasteiger partial charge in [-0.2, -0.15) is 0 Å². The zero-order chi connectivity index (χ0) is 19.8. The number of hydrogen-bond donors (Lipinski definition) is 1. The zero-order valence-electron chi connectivity index (χ0n) is 16.5. The third-order valence-corrected chi connectivity index (χ3v) is 6.50. The minimum absolute atomic E-state index is 0.0618. The van der Waals surface area contributed by atoms with E-state index in [0.29, 0.717) is 13.2 Å². The van der Waals surface area contributed by atoms with Crippen molar-refractivity contribution in [2.45, 2.75) is 50.2 Å². The molecule has 2 fully saturated rings. The van der Waals surface area contributed by atoms with Crippen LogP contribution in [0.25, 0.3) is 0 Å². The quantitative estimate of drug-likeness (QED) is 0.870. The van der Waals surface area contributed by atoms with Gasteiger partial charge in [0.1, 0.15) is 6.10 Å². The molecule has 1 saturated heterocycles. The molecule has 1 saturated carbocycles. The van der Waals surface area contributed by atoms with Gasteiger partial charge in [-0.05, 0) is 60.9 Å². The van der Waals surface area contributed by atoms with Gasteiger partial charge in [0.25, 0.3) is 5.91 Å². The van der Waals surface area contributed by atoms with Crippen LogP contribution in [0.5, 0.6) is 0 Å². The summed E-state index contributed by atoms with van der Waals surface area (Å²) in [5, 5.41) is 3.13. The number of ether oxygens (including phenoxy) is 1. The van der Waals surface area contributed by atoms with Gasteiger partial charge >= 0.3 is 0 Å². The second-order valence-corrected chi connectivity index (χ2v) is 8.40. The van der Waals surface area contributed by atoms with E-state index in [9.17, 15) is 9.59 Å². The average molecular weight is 390 g/mol. The molecule has 3 aliphatic rings. The summed E-state index contributed by atoms with van der Waals surface area (Å²) in [7, 11) is 0. The fourth-order valence-electron chi connectivity index (χ4n) is 4.58. The number of benzene rings is 2. The molecule has 5 nitrogen and oxygen atoms in total. The molecule has 0 spiro atoms. The van der Waals surface area contributed by atoms with Gasteiger partial charge in [0.15, 0.2) is 0 Å². The fourth-order valence-corrected chi connectivity index (χ4v) is 4.58. The summed E-state index contributed by atoms with van der Waals surface area (Å²) >= 11 is 0. The van der Waals surface area contributed by atoms with Crippen LogP contribution in [0.4, 0.5) is 5.69 Å². The fraction of sp³-hybridized carbons (Fsp3) is 0.417. The molecule has 1 aliphatic carbocycles. The van der Waals surface area contributed by atoms with Gasteiger partial charge in [-0.25, -0.2) is 0 Å². The van der Waals surface area contributed by atoms with E-state index in [1.807, 2.05) is 47.4 Å². The summed E-state index contributed by atoms with van der Waals surface area (Å²) in [6.45, 7) is 2.00. The summed E-state index contributed by atoms with van der Waals surface area (Å²) < 4.78 is 5.57. The van der Waals surface area contributed by atoms with Gasteiger partial charge in [-0.3, -0.25) is 9.59 Å². The number of anilines is 1. The van der Waals surface area contributed by atoms with E-state index in [2.05, 4.69) is 11.4 Å². The Morgan fingerprint density at radius 2 is 1.90 bits per heavy atom. The van der Waals surface area contributed by atoms with Gasteiger partial charge in [0.05, 0.1) is 5.41 Å². The molecule has 2 aromatic carbocycles. The van der Waals surface area contributed by atoms with Crippen LogP contribution in [0.1, 0.15) is 42.4 Å². The monoisotopic (exact) mass is 390 g/mol. The number of carbonyl (C=O) groups is 2. The molecule has 5 heteroatoms. The Morgan fingerprint density at radius 1 is 1.07 bits per heavy atom. The molecule has 150 valence electrons. The maximum atomic E-state index is 13.0. The van der Waals surface area contributed by atoms with Gasteiger partial charge in [0.2, 0.25) is 5.91 Å². The second kappa shape index (κ2) is 7.30. The molecule has 1 atom stereocenters. The van der Waals surface area contributed by atoms with Gasteiger partial charge in [-0.1, -0.05) is 36.4 Å². The van der Waals surface area contributed by atoms with Crippen molar-refractivity contribution in [2.24, 2.45) is 0 Å². The Hall–Kier alpha value is -2.66. The van der Waals surface area contributed by atoms with Crippen molar-refractivity contribution < 1.29 is 14.3 Å². The van der Waals surface area contributed by atoms with Crippen molar-refractivity contribution >= 4 is 17.5 Å². The lowest BCUT2D eigenvalue weighted by Gasteiger charge is -2.31. The lowest BCUT2D eigenvalue weighted by molar-refractivity contribution is -0.141. The molecule has 0 bridgehead atoms. The molecule has 0 aromatic heterocycles. The minimum atomic E-state index is -0.390. The van der Waals surface area contributed by atoms with E-state index >= 15 is 0 Å². The Kier molecular flexibility index (Phi) is 4.63. The number of amides is 2. The first-order valence-electron chi connectivity index (χ1n) is 10.5. The molecule has 5 rings (SSSR count). The molecular weight excluding hydrogens is 364 g/mol. The van der Waals surface area contributed by atoms with E-state index in [4.69, 9.17) is 4.74 Å². The summed E-state index contributed by atoms with van der Waals surface area (Å²) in [6, 6.07) is 16.1. The smallest absolute Gasteiger partial charge is 0.252 e. The molecule has 0 radical (unpaired) electrons. The Bertz CT molecular complexity index is 930. The van der Waals surface area contributed by atoms with E-state index in [0.717, 1.165) is 55.5 Å². The number of fused-ring (bicyclic) bond motifs is 1. The lowest BCUT2D eigenvalue weighted by Crippen LogP contribution is -2.41. The third kappa shape index (κ3) is 3.44. The van der Waals surface area contributed by atoms with Crippen LogP contribution in [0.2, 0.25) is 0 Å². The summed E-state index contributed by atoms with van der Waals surface area (Å²) in [5.41, 5.74) is 3.87. The maximum absolute atomic E-state index is 13.0. The van der Waals surface area contributed by atoms with E-state index in [1.54, 1.807) is 0 Å². The Balaban J connectivity index is 1.30. The van der Waals surface area contributed by atoms with E-state index in [1.165, 1.54) is 5.56 Å². The number of nitrogens with one attached hydrogen (secondary N) is 1. The highest BCUT2D eigenvalue weighted by Gasteiger charge is 2.51. The van der Waals surface area contributed by atoms with Crippen LogP contribution in [-0.4, -0.2) is 36.0 Å². The van der Waals surface area contributed by atoms with Gasteiger partial charge < -0.3 is 15.0 Å². The van der Waals surface area contributed by atoms with Crippen molar-refractivity contribution in [2.75, 3.05) is 18.5 Å². The number of carbonyl (C=O) groups excluding carboxylic acids is 2. The number of hydrogen-bond acceptors (Lipinski definition) is 3. The van der Waals surface area contributed by atoms with Crippen LogP contribution in [0, 0.1) is 0 Å². The first-order valence-corrected chi connectivity index (χ1v) is 10.5. The van der Waals surface area contributed by atoms with Crippen molar-refractivity contribution in [1.29, 1.82) is 0 Å². The topological polar surface area (TPSA) is 58.6 Å². The predicted molar refractivity (Wildman–Crippen MR) is 111 cm³/mol. The third-order valence-electron chi connectivity index (χ3n) is 6.50. The van der Waals surface area contributed by atoms with Crippen LogP contribution < -0.4 is 5.32 Å². The standard InChI is InChI=1S/C24H26N2O3/c27-22(21-7-4-14-29-21)26-13-10-17-8-9-20(15-18(17)16-26)25-23(28)24(11-12-24)19-5-2-1-3-6-19/h1-3,5-6,8-9,15,21H,4,7,10-14,16H2,(H,25,28). The van der Waals surface area contributed by atoms with Crippen molar-refractivity contribution in [1.82, 2.24) is 4.90 Å². The Labute approximate surface area is 171 Å². The van der Waals surface area contributed by atoms with Crippen molar-refractivity contribution in [3.05, 3.63) is 65.2 Å². The first-order chi connectivity index (χ1) is 14.2. The second-order valence-electron chi connectivity index (χ2n) is 8.40. The van der Waals surface area contributed by atoms with Crippen LogP contribution in [-0.2, 0) is 32.7 Å². The Morgan fingerprint density at radius 3 is 2.62 bits per heavy atom. The van der Waals surface area contributed by atoms with Gasteiger partial charge in [0, 0.05) is 25.4 Å². The maximum Gasteiger partial charge on any atom is 0.252 e. The highest BCUT2D eigenvalue weighted by molar-refractivity contribution is 6.01. The average Bonchev–Trinajstić information content (AvgIpc) is 3.40.